The molecule has 0 spiro atoms. The predicted molar refractivity (Wildman–Crippen MR) is 91.5 cm³/mol. The number of piperidine rings is 1. The van der Waals surface area contributed by atoms with Crippen LogP contribution in [0.5, 0.6) is 0 Å². The maximum absolute atomic E-state index is 12.3. The van der Waals surface area contributed by atoms with Crippen molar-refractivity contribution in [1.29, 1.82) is 0 Å². The summed E-state index contributed by atoms with van der Waals surface area (Å²) in [5.74, 6) is 1.01. The van der Waals surface area contributed by atoms with E-state index in [1.807, 2.05) is 11.8 Å². The third-order valence-electron chi connectivity index (χ3n) is 4.77. The molecule has 2 saturated heterocycles. The number of carbonyl (C=O) groups is 1. The fourth-order valence-corrected chi connectivity index (χ4v) is 4.74. The summed E-state index contributed by atoms with van der Waals surface area (Å²) in [5, 5.41) is 0. The molecular formula is C16H24N4O3S. The van der Waals surface area contributed by atoms with Gasteiger partial charge in [-0.05, 0) is 25.7 Å². The molecule has 0 radical (unpaired) electrons. The quantitative estimate of drug-likeness (QED) is 0.791. The van der Waals surface area contributed by atoms with Crippen LogP contribution in [0.25, 0.3) is 0 Å². The van der Waals surface area contributed by atoms with E-state index in [-0.39, 0.29) is 23.6 Å². The van der Waals surface area contributed by atoms with Gasteiger partial charge in [-0.2, -0.15) is 0 Å². The van der Waals surface area contributed by atoms with Crippen molar-refractivity contribution in [3.63, 3.8) is 0 Å². The molecule has 2 aliphatic rings. The van der Waals surface area contributed by atoms with Crippen LogP contribution in [0, 0.1) is 12.8 Å². The molecule has 1 amide bonds. The number of nitrogens with zero attached hydrogens (tertiary/aromatic N) is 4. The lowest BCUT2D eigenvalue weighted by Crippen LogP contribution is -2.46. The normalized spacial score (nSPS) is 23.1. The number of sulfone groups is 1. The minimum atomic E-state index is -3.04. The number of carbonyl (C=O) groups excluding carboxylic acids is 1. The zero-order chi connectivity index (χ0) is 17.3. The van der Waals surface area contributed by atoms with Crippen LogP contribution in [0.3, 0.4) is 0 Å². The van der Waals surface area contributed by atoms with E-state index in [9.17, 15) is 13.2 Å². The number of aryl methyl sites for hydroxylation is 1. The van der Waals surface area contributed by atoms with Crippen LogP contribution in [-0.2, 0) is 14.6 Å². The summed E-state index contributed by atoms with van der Waals surface area (Å²) in [6, 6.07) is 0.205. The van der Waals surface area contributed by atoms with Gasteiger partial charge in [0.15, 0.2) is 0 Å². The van der Waals surface area contributed by atoms with Gasteiger partial charge in [0.1, 0.15) is 15.7 Å². The fourth-order valence-electron chi connectivity index (χ4n) is 3.66. The minimum Gasteiger partial charge on any atom is -0.355 e. The van der Waals surface area contributed by atoms with Crippen LogP contribution in [0.4, 0.5) is 5.82 Å². The Hall–Kier alpha value is -1.70. The summed E-state index contributed by atoms with van der Waals surface area (Å²) in [6.07, 6.45) is 6.91. The molecule has 3 heterocycles. The second kappa shape index (κ2) is 6.66. The largest absolute Gasteiger partial charge is 0.355 e. The van der Waals surface area contributed by atoms with Gasteiger partial charge in [0.05, 0.1) is 23.8 Å². The van der Waals surface area contributed by atoms with E-state index in [4.69, 9.17) is 0 Å². The molecule has 2 aliphatic heterocycles. The first kappa shape index (κ1) is 17.1. The van der Waals surface area contributed by atoms with Gasteiger partial charge in [0.25, 0.3) is 0 Å². The van der Waals surface area contributed by atoms with Crippen LogP contribution in [0.15, 0.2) is 12.4 Å². The zero-order valence-corrected chi connectivity index (χ0v) is 15.0. The fraction of sp³-hybridized carbons (Fsp3) is 0.688. The van der Waals surface area contributed by atoms with Crippen molar-refractivity contribution >= 4 is 21.6 Å². The average Bonchev–Trinajstić information content (AvgIpc) is 2.86. The Morgan fingerprint density at radius 2 is 1.92 bits per heavy atom. The van der Waals surface area contributed by atoms with Crippen LogP contribution in [-0.4, -0.2) is 66.9 Å². The van der Waals surface area contributed by atoms with Gasteiger partial charge in [0.2, 0.25) is 5.91 Å². The van der Waals surface area contributed by atoms with Gasteiger partial charge in [-0.15, -0.1) is 0 Å². The predicted octanol–water partition coefficient (Wildman–Crippen LogP) is 0.647. The summed E-state index contributed by atoms with van der Waals surface area (Å²) in [6.45, 7) is 4.15. The average molecular weight is 352 g/mol. The number of hydrogen-bond donors (Lipinski definition) is 0. The van der Waals surface area contributed by atoms with Crippen LogP contribution < -0.4 is 4.90 Å². The summed E-state index contributed by atoms with van der Waals surface area (Å²) < 4.78 is 22.9. The molecule has 0 aliphatic carbocycles. The van der Waals surface area contributed by atoms with Crippen LogP contribution >= 0.6 is 0 Å². The molecule has 1 aromatic rings. The van der Waals surface area contributed by atoms with Crippen molar-refractivity contribution in [3.05, 3.63) is 18.1 Å². The molecule has 1 unspecified atom stereocenters. The maximum Gasteiger partial charge on any atom is 0.223 e. The van der Waals surface area contributed by atoms with E-state index in [1.165, 1.54) is 6.26 Å². The third-order valence-corrected chi connectivity index (χ3v) is 5.85. The maximum atomic E-state index is 12.3. The highest BCUT2D eigenvalue weighted by Gasteiger charge is 2.37. The highest BCUT2D eigenvalue weighted by atomic mass is 32.2. The summed E-state index contributed by atoms with van der Waals surface area (Å²) in [7, 11) is -3.04. The molecule has 7 nitrogen and oxygen atoms in total. The SMILES string of the molecule is Cc1cnc(N2CCC(N3CC(CS(C)(=O)=O)CC3=O)CC2)cn1. The monoisotopic (exact) mass is 352 g/mol. The van der Waals surface area contributed by atoms with Gasteiger partial charge in [0, 0.05) is 38.4 Å². The molecule has 0 saturated carbocycles. The number of rotatable bonds is 4. The standard InChI is InChI=1S/C16H24N4O3S/c1-12-8-18-15(9-17-12)19-5-3-14(4-6-19)20-10-13(7-16(20)21)11-24(2,22)23/h8-9,13-14H,3-7,10-11H2,1-2H3. The van der Waals surface area contributed by atoms with Crippen molar-refractivity contribution in [2.45, 2.75) is 32.2 Å². The van der Waals surface area contributed by atoms with Crippen molar-refractivity contribution < 1.29 is 13.2 Å². The molecule has 0 bridgehead atoms. The van der Waals surface area contributed by atoms with Crippen LogP contribution in [0.2, 0.25) is 0 Å². The lowest BCUT2D eigenvalue weighted by Gasteiger charge is -2.37. The van der Waals surface area contributed by atoms with Gasteiger partial charge >= 0.3 is 0 Å². The molecule has 3 rings (SSSR count). The molecule has 0 N–H and O–H groups in total. The lowest BCUT2D eigenvalue weighted by atomic mass is 10.0. The number of aromatic nitrogens is 2. The Morgan fingerprint density at radius 3 is 2.50 bits per heavy atom. The van der Waals surface area contributed by atoms with Gasteiger partial charge in [-0.3, -0.25) is 9.78 Å². The number of amides is 1. The number of anilines is 1. The van der Waals surface area contributed by atoms with Gasteiger partial charge in [-0.25, -0.2) is 13.4 Å². The molecule has 0 aromatic carbocycles. The van der Waals surface area contributed by atoms with E-state index < -0.39 is 9.84 Å². The summed E-state index contributed by atoms with van der Waals surface area (Å²) >= 11 is 0. The van der Waals surface area contributed by atoms with Gasteiger partial charge in [-0.1, -0.05) is 0 Å². The molecule has 1 aromatic heterocycles. The number of hydrogen-bond acceptors (Lipinski definition) is 6. The second-order valence-corrected chi connectivity index (χ2v) is 9.13. The van der Waals surface area contributed by atoms with E-state index in [0.29, 0.717) is 13.0 Å². The van der Waals surface area contributed by atoms with Crippen molar-refractivity contribution in [2.24, 2.45) is 5.92 Å². The first-order valence-electron chi connectivity index (χ1n) is 8.32. The Bertz CT molecular complexity index is 697. The van der Waals surface area contributed by atoms with E-state index in [0.717, 1.165) is 37.4 Å². The van der Waals surface area contributed by atoms with E-state index in [1.54, 1.807) is 12.4 Å². The van der Waals surface area contributed by atoms with Gasteiger partial charge < -0.3 is 9.80 Å². The van der Waals surface area contributed by atoms with Crippen molar-refractivity contribution in [1.82, 2.24) is 14.9 Å². The summed E-state index contributed by atoms with van der Waals surface area (Å²) in [5.41, 5.74) is 0.896. The van der Waals surface area contributed by atoms with Crippen molar-refractivity contribution in [3.8, 4) is 0 Å². The summed E-state index contributed by atoms with van der Waals surface area (Å²) in [4.78, 5) is 25.0. The molecule has 8 heteroatoms. The second-order valence-electron chi connectivity index (χ2n) is 6.94. The lowest BCUT2D eigenvalue weighted by molar-refractivity contribution is -0.130. The smallest absolute Gasteiger partial charge is 0.223 e. The van der Waals surface area contributed by atoms with Crippen LogP contribution in [0.1, 0.15) is 25.0 Å². The molecule has 1 atom stereocenters. The van der Waals surface area contributed by atoms with E-state index in [2.05, 4.69) is 14.9 Å². The first-order valence-corrected chi connectivity index (χ1v) is 10.4. The Morgan fingerprint density at radius 1 is 1.21 bits per heavy atom. The molecule has 132 valence electrons. The number of likely N-dealkylation sites (tertiary alicyclic amines) is 1. The Labute approximate surface area is 143 Å². The molecule has 2 fully saturated rings. The third kappa shape index (κ3) is 4.03. The van der Waals surface area contributed by atoms with Crippen molar-refractivity contribution in [2.75, 3.05) is 36.5 Å². The Balaban J connectivity index is 1.56. The molecular weight excluding hydrogens is 328 g/mol. The minimum absolute atomic E-state index is 0.0616. The highest BCUT2D eigenvalue weighted by molar-refractivity contribution is 7.90. The topological polar surface area (TPSA) is 83.5 Å². The first-order chi connectivity index (χ1) is 11.3. The van der Waals surface area contributed by atoms with E-state index >= 15 is 0 Å². The highest BCUT2D eigenvalue weighted by Crippen LogP contribution is 2.27. The Kier molecular flexibility index (Phi) is 4.76. The zero-order valence-electron chi connectivity index (χ0n) is 14.2. The molecule has 24 heavy (non-hydrogen) atoms.